The van der Waals surface area contributed by atoms with Gasteiger partial charge in [-0.05, 0) is 31.2 Å². The summed E-state index contributed by atoms with van der Waals surface area (Å²) < 4.78 is 0. The summed E-state index contributed by atoms with van der Waals surface area (Å²) >= 11 is 1.79. The van der Waals surface area contributed by atoms with Gasteiger partial charge in [0.2, 0.25) is 0 Å². The van der Waals surface area contributed by atoms with Crippen molar-refractivity contribution in [2.45, 2.75) is 13.5 Å². The number of pyridine rings is 1. The molecule has 3 nitrogen and oxygen atoms in total. The van der Waals surface area contributed by atoms with Crippen molar-refractivity contribution < 1.29 is 0 Å². The molecule has 0 aliphatic carbocycles. The number of nitrogens with one attached hydrogen (secondary N) is 1. The zero-order valence-corrected chi connectivity index (χ0v) is 9.34. The van der Waals surface area contributed by atoms with E-state index in [0.29, 0.717) is 5.82 Å². The van der Waals surface area contributed by atoms with Gasteiger partial charge in [0, 0.05) is 22.5 Å². The minimum atomic E-state index is 0.547. The molecule has 15 heavy (non-hydrogen) atoms. The topological polar surface area (TPSA) is 50.9 Å². The Labute approximate surface area is 93.0 Å². The van der Waals surface area contributed by atoms with E-state index in [0.717, 1.165) is 12.2 Å². The molecular weight excluding hydrogens is 206 g/mol. The van der Waals surface area contributed by atoms with E-state index >= 15 is 0 Å². The highest BCUT2D eigenvalue weighted by Crippen LogP contribution is 2.19. The van der Waals surface area contributed by atoms with Crippen molar-refractivity contribution in [3.8, 4) is 0 Å². The predicted octanol–water partition coefficient (Wildman–Crippen LogP) is 2.65. The second kappa shape index (κ2) is 4.31. The molecular formula is C11H13N3S. The third kappa shape index (κ3) is 2.47. The fourth-order valence-corrected chi connectivity index (χ4v) is 2.16. The SMILES string of the molecule is Cc1ccc(CNc2cccnc2N)s1. The highest BCUT2D eigenvalue weighted by atomic mass is 32.1. The lowest BCUT2D eigenvalue weighted by Gasteiger charge is -2.06. The molecule has 0 bridgehead atoms. The average Bonchev–Trinajstić information content (AvgIpc) is 2.63. The molecule has 4 heteroatoms. The molecule has 0 fully saturated rings. The molecule has 0 unspecified atom stereocenters. The number of thiophene rings is 1. The van der Waals surface area contributed by atoms with E-state index in [-0.39, 0.29) is 0 Å². The number of nitrogens with zero attached hydrogens (tertiary/aromatic N) is 1. The van der Waals surface area contributed by atoms with Gasteiger partial charge in [-0.15, -0.1) is 11.3 Å². The maximum atomic E-state index is 5.72. The van der Waals surface area contributed by atoms with Gasteiger partial charge < -0.3 is 11.1 Å². The highest BCUT2D eigenvalue weighted by Gasteiger charge is 1.99. The number of anilines is 2. The number of hydrogen-bond acceptors (Lipinski definition) is 4. The second-order valence-electron chi connectivity index (χ2n) is 3.30. The van der Waals surface area contributed by atoms with Crippen LogP contribution in [0.15, 0.2) is 30.5 Å². The van der Waals surface area contributed by atoms with Crippen molar-refractivity contribution >= 4 is 22.8 Å². The van der Waals surface area contributed by atoms with Crippen molar-refractivity contribution in [1.29, 1.82) is 0 Å². The zero-order valence-electron chi connectivity index (χ0n) is 8.53. The summed E-state index contributed by atoms with van der Waals surface area (Å²) in [4.78, 5) is 6.64. The number of aryl methyl sites for hydroxylation is 1. The van der Waals surface area contributed by atoms with E-state index in [1.54, 1.807) is 17.5 Å². The van der Waals surface area contributed by atoms with Crippen LogP contribution >= 0.6 is 11.3 Å². The van der Waals surface area contributed by atoms with Crippen LogP contribution in [-0.2, 0) is 6.54 Å². The zero-order chi connectivity index (χ0) is 10.7. The Morgan fingerprint density at radius 1 is 1.40 bits per heavy atom. The van der Waals surface area contributed by atoms with Crippen LogP contribution in [-0.4, -0.2) is 4.98 Å². The molecule has 0 saturated carbocycles. The van der Waals surface area contributed by atoms with E-state index in [2.05, 4.69) is 29.4 Å². The Bertz CT molecular complexity index is 451. The molecule has 2 aromatic heterocycles. The standard InChI is InChI=1S/C11H13N3S/c1-8-4-5-9(15-8)7-14-10-3-2-6-13-11(10)12/h2-6,14H,7H2,1H3,(H2,12,13). The molecule has 0 atom stereocenters. The van der Waals surface area contributed by atoms with Gasteiger partial charge in [-0.3, -0.25) is 0 Å². The Kier molecular flexibility index (Phi) is 2.87. The van der Waals surface area contributed by atoms with Crippen LogP contribution in [0, 0.1) is 6.92 Å². The van der Waals surface area contributed by atoms with Gasteiger partial charge >= 0.3 is 0 Å². The summed E-state index contributed by atoms with van der Waals surface area (Å²) in [6, 6.07) is 8.05. The largest absolute Gasteiger partial charge is 0.382 e. The van der Waals surface area contributed by atoms with Crippen molar-refractivity contribution in [2.75, 3.05) is 11.1 Å². The quantitative estimate of drug-likeness (QED) is 0.834. The van der Waals surface area contributed by atoms with Gasteiger partial charge in [-0.1, -0.05) is 0 Å². The Morgan fingerprint density at radius 3 is 2.93 bits per heavy atom. The lowest BCUT2D eigenvalue weighted by atomic mass is 10.3. The van der Waals surface area contributed by atoms with Crippen LogP contribution in [0.25, 0.3) is 0 Å². The summed E-state index contributed by atoms with van der Waals surface area (Å²) in [7, 11) is 0. The fourth-order valence-electron chi connectivity index (χ4n) is 1.33. The van der Waals surface area contributed by atoms with Gasteiger partial charge in [-0.25, -0.2) is 4.98 Å². The van der Waals surface area contributed by atoms with Crippen LogP contribution in [0.1, 0.15) is 9.75 Å². The van der Waals surface area contributed by atoms with Gasteiger partial charge in [0.25, 0.3) is 0 Å². The molecule has 78 valence electrons. The first-order valence-corrected chi connectivity index (χ1v) is 5.57. The average molecular weight is 219 g/mol. The molecule has 0 saturated heterocycles. The van der Waals surface area contributed by atoms with E-state index < -0.39 is 0 Å². The third-order valence-corrected chi connectivity index (χ3v) is 3.09. The molecule has 0 aromatic carbocycles. The van der Waals surface area contributed by atoms with E-state index in [9.17, 15) is 0 Å². The number of nitrogens with two attached hydrogens (primary N) is 1. The van der Waals surface area contributed by atoms with Gasteiger partial charge in [-0.2, -0.15) is 0 Å². The molecule has 2 rings (SSSR count). The second-order valence-corrected chi connectivity index (χ2v) is 4.67. The Hall–Kier alpha value is -1.55. The van der Waals surface area contributed by atoms with Crippen LogP contribution < -0.4 is 11.1 Å². The molecule has 0 aliphatic heterocycles. The molecule has 0 radical (unpaired) electrons. The maximum absolute atomic E-state index is 5.72. The van der Waals surface area contributed by atoms with E-state index in [1.807, 2.05) is 12.1 Å². The van der Waals surface area contributed by atoms with Gasteiger partial charge in [0.1, 0.15) is 5.82 Å². The smallest absolute Gasteiger partial charge is 0.146 e. The van der Waals surface area contributed by atoms with Gasteiger partial charge in [0.05, 0.1) is 5.69 Å². The Morgan fingerprint density at radius 2 is 2.27 bits per heavy atom. The molecule has 0 amide bonds. The van der Waals surface area contributed by atoms with Crippen LogP contribution in [0.2, 0.25) is 0 Å². The summed E-state index contributed by atoms with van der Waals surface area (Å²) in [6.45, 7) is 2.90. The third-order valence-electron chi connectivity index (χ3n) is 2.09. The number of hydrogen-bond donors (Lipinski definition) is 2. The summed E-state index contributed by atoms with van der Waals surface area (Å²) in [5.74, 6) is 0.547. The first kappa shape index (κ1) is 9.98. The van der Waals surface area contributed by atoms with Crippen molar-refractivity contribution in [2.24, 2.45) is 0 Å². The number of aromatic nitrogens is 1. The van der Waals surface area contributed by atoms with Crippen LogP contribution in [0.5, 0.6) is 0 Å². The van der Waals surface area contributed by atoms with E-state index in [4.69, 9.17) is 5.73 Å². The molecule has 0 spiro atoms. The number of nitrogen functional groups attached to an aromatic ring is 1. The molecule has 0 aliphatic rings. The van der Waals surface area contributed by atoms with Gasteiger partial charge in [0.15, 0.2) is 0 Å². The number of rotatable bonds is 3. The lowest BCUT2D eigenvalue weighted by Crippen LogP contribution is -2.02. The highest BCUT2D eigenvalue weighted by molar-refractivity contribution is 7.11. The first-order valence-electron chi connectivity index (χ1n) is 4.75. The van der Waals surface area contributed by atoms with Crippen molar-refractivity contribution in [3.05, 3.63) is 40.2 Å². The van der Waals surface area contributed by atoms with E-state index in [1.165, 1.54) is 9.75 Å². The van der Waals surface area contributed by atoms with Crippen molar-refractivity contribution in [1.82, 2.24) is 4.98 Å². The van der Waals surface area contributed by atoms with Crippen LogP contribution in [0.4, 0.5) is 11.5 Å². The summed E-state index contributed by atoms with van der Waals surface area (Å²) in [6.07, 6.45) is 1.69. The summed E-state index contributed by atoms with van der Waals surface area (Å²) in [5, 5.41) is 3.27. The molecule has 3 N–H and O–H groups in total. The lowest BCUT2D eigenvalue weighted by molar-refractivity contribution is 1.18. The molecule has 2 aromatic rings. The van der Waals surface area contributed by atoms with Crippen molar-refractivity contribution in [3.63, 3.8) is 0 Å². The minimum Gasteiger partial charge on any atom is -0.382 e. The maximum Gasteiger partial charge on any atom is 0.146 e. The Balaban J connectivity index is 2.02. The monoisotopic (exact) mass is 219 g/mol. The summed E-state index contributed by atoms with van der Waals surface area (Å²) in [5.41, 5.74) is 6.61. The minimum absolute atomic E-state index is 0.547. The molecule has 2 heterocycles. The van der Waals surface area contributed by atoms with Crippen LogP contribution in [0.3, 0.4) is 0 Å². The fraction of sp³-hybridized carbons (Fsp3) is 0.182. The normalized spacial score (nSPS) is 10.2. The predicted molar refractivity (Wildman–Crippen MR) is 65.0 cm³/mol. The first-order chi connectivity index (χ1) is 7.25.